The van der Waals surface area contributed by atoms with E-state index in [9.17, 15) is 9.59 Å². The van der Waals surface area contributed by atoms with Crippen molar-refractivity contribution in [1.82, 2.24) is 4.90 Å². The van der Waals surface area contributed by atoms with Crippen LogP contribution in [0.25, 0.3) is 0 Å². The average molecular weight is 370 g/mol. The summed E-state index contributed by atoms with van der Waals surface area (Å²) in [6, 6.07) is 10.7. The third kappa shape index (κ3) is 4.13. The summed E-state index contributed by atoms with van der Waals surface area (Å²) in [5.41, 5.74) is 8.23. The first-order valence-corrected chi connectivity index (χ1v) is 8.68. The van der Waals surface area contributed by atoms with E-state index in [1.54, 1.807) is 30.0 Å². The molecule has 0 aromatic heterocycles. The number of carbonyl (C=O) groups excluding carboxylic acids is 2. The molecule has 1 aliphatic rings. The molecule has 0 aliphatic carbocycles. The summed E-state index contributed by atoms with van der Waals surface area (Å²) in [5.74, 6) is 0.466. The number of ether oxygens (including phenoxy) is 3. The summed E-state index contributed by atoms with van der Waals surface area (Å²) >= 11 is 0. The standard InChI is InChI=1S/C20H22N2O5/c1-3-22(10-14-7-8-16-17(9-14)27-12-26-16)18(23)11-25-20(24)15-6-4-5-13(2)19(15)21/h4-9H,3,10-12,21H2,1-2H3. The molecule has 1 aliphatic heterocycles. The van der Waals surface area contributed by atoms with Crippen LogP contribution < -0.4 is 15.2 Å². The Labute approximate surface area is 157 Å². The van der Waals surface area contributed by atoms with E-state index >= 15 is 0 Å². The molecule has 0 unspecified atom stereocenters. The summed E-state index contributed by atoms with van der Waals surface area (Å²) in [6.45, 7) is 4.40. The SMILES string of the molecule is CCN(Cc1ccc2c(c1)OCO2)C(=O)COC(=O)c1cccc(C)c1N. The van der Waals surface area contributed by atoms with Crippen LogP contribution in [0.5, 0.6) is 11.5 Å². The second kappa shape index (κ2) is 7.99. The highest BCUT2D eigenvalue weighted by atomic mass is 16.7. The number of esters is 1. The number of nitrogens with zero attached hydrogens (tertiary/aromatic N) is 1. The van der Waals surface area contributed by atoms with Gasteiger partial charge < -0.3 is 24.8 Å². The smallest absolute Gasteiger partial charge is 0.340 e. The fraction of sp³-hybridized carbons (Fsp3) is 0.300. The summed E-state index contributed by atoms with van der Waals surface area (Å²) < 4.78 is 15.8. The number of para-hydroxylation sites is 1. The quantitative estimate of drug-likeness (QED) is 0.621. The van der Waals surface area contributed by atoms with Gasteiger partial charge in [0.15, 0.2) is 18.1 Å². The maximum Gasteiger partial charge on any atom is 0.340 e. The molecule has 0 saturated heterocycles. The van der Waals surface area contributed by atoms with Gasteiger partial charge in [-0.1, -0.05) is 18.2 Å². The van der Waals surface area contributed by atoms with Crippen LogP contribution in [0.2, 0.25) is 0 Å². The fourth-order valence-electron chi connectivity index (χ4n) is 2.79. The number of hydrogen-bond donors (Lipinski definition) is 1. The molecular formula is C20H22N2O5. The third-order valence-corrected chi connectivity index (χ3v) is 4.42. The maximum absolute atomic E-state index is 12.5. The number of fused-ring (bicyclic) bond motifs is 1. The second-order valence-electron chi connectivity index (χ2n) is 6.21. The molecule has 0 atom stereocenters. The van der Waals surface area contributed by atoms with Crippen LogP contribution in [0.3, 0.4) is 0 Å². The van der Waals surface area contributed by atoms with Crippen molar-refractivity contribution in [3.05, 3.63) is 53.1 Å². The van der Waals surface area contributed by atoms with Crippen LogP contribution in [0.1, 0.15) is 28.4 Å². The topological polar surface area (TPSA) is 91.1 Å². The van der Waals surface area contributed by atoms with Gasteiger partial charge in [0, 0.05) is 18.8 Å². The van der Waals surface area contributed by atoms with Crippen LogP contribution in [0.15, 0.2) is 36.4 Å². The lowest BCUT2D eigenvalue weighted by Crippen LogP contribution is -2.34. The van der Waals surface area contributed by atoms with Gasteiger partial charge in [-0.25, -0.2) is 4.79 Å². The minimum Gasteiger partial charge on any atom is -0.454 e. The largest absolute Gasteiger partial charge is 0.454 e. The summed E-state index contributed by atoms with van der Waals surface area (Å²) in [5, 5.41) is 0. The van der Waals surface area contributed by atoms with E-state index in [4.69, 9.17) is 19.9 Å². The maximum atomic E-state index is 12.5. The first-order chi connectivity index (χ1) is 13.0. The molecule has 2 aromatic rings. The van der Waals surface area contributed by atoms with Crippen LogP contribution in [-0.4, -0.2) is 36.7 Å². The molecule has 0 bridgehead atoms. The van der Waals surface area contributed by atoms with Gasteiger partial charge in [-0.3, -0.25) is 4.79 Å². The number of anilines is 1. The van der Waals surface area contributed by atoms with Crippen molar-refractivity contribution < 1.29 is 23.8 Å². The third-order valence-electron chi connectivity index (χ3n) is 4.42. The number of aryl methyl sites for hydroxylation is 1. The van der Waals surface area contributed by atoms with E-state index in [1.165, 1.54) is 0 Å². The number of carbonyl (C=O) groups is 2. The van der Waals surface area contributed by atoms with Crippen molar-refractivity contribution in [3.8, 4) is 11.5 Å². The highest BCUT2D eigenvalue weighted by Crippen LogP contribution is 2.32. The van der Waals surface area contributed by atoms with Crippen LogP contribution in [0.4, 0.5) is 5.69 Å². The van der Waals surface area contributed by atoms with E-state index in [1.807, 2.05) is 25.1 Å². The van der Waals surface area contributed by atoms with E-state index in [0.29, 0.717) is 30.3 Å². The van der Waals surface area contributed by atoms with Gasteiger partial charge in [0.1, 0.15) is 0 Å². The summed E-state index contributed by atoms with van der Waals surface area (Å²) in [6.07, 6.45) is 0. The zero-order valence-electron chi connectivity index (χ0n) is 15.4. The molecule has 0 radical (unpaired) electrons. The average Bonchev–Trinajstić information content (AvgIpc) is 3.13. The Bertz CT molecular complexity index is 865. The van der Waals surface area contributed by atoms with E-state index in [0.717, 1.165) is 11.1 Å². The fourth-order valence-corrected chi connectivity index (χ4v) is 2.79. The summed E-state index contributed by atoms with van der Waals surface area (Å²) in [7, 11) is 0. The predicted octanol–water partition coefficient (Wildman–Crippen LogP) is 2.51. The van der Waals surface area contributed by atoms with Gasteiger partial charge in [0.05, 0.1) is 5.56 Å². The number of nitrogen functional groups attached to an aromatic ring is 1. The zero-order valence-corrected chi connectivity index (χ0v) is 15.4. The molecule has 2 aromatic carbocycles. The van der Waals surface area contributed by atoms with Gasteiger partial charge >= 0.3 is 5.97 Å². The molecule has 27 heavy (non-hydrogen) atoms. The summed E-state index contributed by atoms with van der Waals surface area (Å²) in [4.78, 5) is 26.3. The molecule has 3 rings (SSSR count). The predicted molar refractivity (Wildman–Crippen MR) is 99.5 cm³/mol. The first kappa shape index (κ1) is 18.6. The molecule has 7 nitrogen and oxygen atoms in total. The Kier molecular flexibility index (Phi) is 5.49. The lowest BCUT2D eigenvalue weighted by molar-refractivity contribution is -0.134. The molecule has 0 spiro atoms. The molecule has 0 fully saturated rings. The highest BCUT2D eigenvalue weighted by molar-refractivity contribution is 5.96. The van der Waals surface area contributed by atoms with Gasteiger partial charge in [-0.2, -0.15) is 0 Å². The van der Waals surface area contributed by atoms with Gasteiger partial charge in [-0.05, 0) is 43.2 Å². The Balaban J connectivity index is 1.60. The Morgan fingerprint density at radius 1 is 1.19 bits per heavy atom. The molecule has 142 valence electrons. The number of hydrogen-bond acceptors (Lipinski definition) is 6. The highest BCUT2D eigenvalue weighted by Gasteiger charge is 2.19. The number of amides is 1. The van der Waals surface area contributed by atoms with E-state index in [-0.39, 0.29) is 24.9 Å². The number of rotatable bonds is 6. The zero-order chi connectivity index (χ0) is 19.4. The minimum atomic E-state index is -0.608. The number of benzene rings is 2. The van der Waals surface area contributed by atoms with E-state index < -0.39 is 5.97 Å². The molecule has 2 N–H and O–H groups in total. The molecule has 1 amide bonds. The monoisotopic (exact) mass is 370 g/mol. The van der Waals surface area contributed by atoms with Crippen LogP contribution in [-0.2, 0) is 16.1 Å². The van der Waals surface area contributed by atoms with Gasteiger partial charge in [-0.15, -0.1) is 0 Å². The van der Waals surface area contributed by atoms with Crippen LogP contribution >= 0.6 is 0 Å². The van der Waals surface area contributed by atoms with E-state index in [2.05, 4.69) is 0 Å². The van der Waals surface area contributed by atoms with Gasteiger partial charge in [0.2, 0.25) is 6.79 Å². The Morgan fingerprint density at radius 3 is 2.74 bits per heavy atom. The second-order valence-corrected chi connectivity index (χ2v) is 6.21. The van der Waals surface area contributed by atoms with Gasteiger partial charge in [0.25, 0.3) is 5.91 Å². The van der Waals surface area contributed by atoms with Crippen LogP contribution in [0, 0.1) is 6.92 Å². The minimum absolute atomic E-state index is 0.202. The first-order valence-electron chi connectivity index (χ1n) is 8.68. The van der Waals surface area contributed by atoms with Crippen molar-refractivity contribution in [2.75, 3.05) is 25.7 Å². The number of likely N-dealkylation sites (N-methyl/N-ethyl adjacent to an activating group) is 1. The molecular weight excluding hydrogens is 348 g/mol. The Hall–Kier alpha value is -3.22. The normalized spacial score (nSPS) is 11.9. The Morgan fingerprint density at radius 2 is 1.96 bits per heavy atom. The van der Waals surface area contributed by atoms with Crippen molar-refractivity contribution >= 4 is 17.6 Å². The van der Waals surface area contributed by atoms with Crippen molar-refractivity contribution in [3.63, 3.8) is 0 Å². The van der Waals surface area contributed by atoms with Crippen molar-refractivity contribution in [2.24, 2.45) is 0 Å². The van der Waals surface area contributed by atoms with Crippen molar-refractivity contribution in [1.29, 1.82) is 0 Å². The van der Waals surface area contributed by atoms with Crippen molar-refractivity contribution in [2.45, 2.75) is 20.4 Å². The molecule has 0 saturated carbocycles. The number of nitrogens with two attached hydrogens (primary N) is 1. The molecule has 7 heteroatoms. The molecule has 1 heterocycles. The lowest BCUT2D eigenvalue weighted by atomic mass is 10.1. The lowest BCUT2D eigenvalue weighted by Gasteiger charge is -2.21.